The molecular weight excluding hydrogens is 359 g/mol. The van der Waals surface area contributed by atoms with Crippen LogP contribution in [-0.4, -0.2) is 40.8 Å². The second-order valence-electron chi connectivity index (χ2n) is 5.63. The number of halogens is 1. The molecule has 2 aromatic rings. The van der Waals surface area contributed by atoms with Crippen molar-refractivity contribution in [1.82, 2.24) is 5.32 Å². The van der Waals surface area contributed by atoms with Gasteiger partial charge in [0, 0.05) is 6.54 Å². The predicted octanol–water partition coefficient (Wildman–Crippen LogP) is 1.96. The number of amides is 1. The second kappa shape index (κ2) is 8.66. The molecule has 0 aliphatic carbocycles. The number of ether oxygens (including phenoxy) is 1. The Bertz CT molecular complexity index is 871. The number of carbonyl (C=O) groups is 1. The molecule has 2 aromatic carbocycles. The van der Waals surface area contributed by atoms with Crippen LogP contribution in [0.15, 0.2) is 48.5 Å². The van der Waals surface area contributed by atoms with Gasteiger partial charge < -0.3 is 10.1 Å². The highest BCUT2D eigenvalue weighted by Gasteiger charge is 2.20. The average molecular weight is 380 g/mol. The first-order valence-corrected chi connectivity index (χ1v) is 9.78. The molecule has 0 heterocycles. The zero-order chi connectivity index (χ0) is 19.2. The fraction of sp³-hybridized carbons (Fsp3) is 0.278. The summed E-state index contributed by atoms with van der Waals surface area (Å²) < 4.78 is 44.2. The number of carbonyl (C=O) groups excluding carboxylic acids is 1. The first kappa shape index (κ1) is 19.7. The third-order valence-corrected chi connectivity index (χ3v) is 4.88. The standard InChI is InChI=1S/C18H21FN2O4S/c1-25-17-10-6-5-9-16(17)21(26(2,23)24)12-11-20-18(22)13-14-7-3-4-8-15(14)19/h3-10H,11-13H2,1-2H3,(H,20,22). The summed E-state index contributed by atoms with van der Waals surface area (Å²) in [6, 6.07) is 12.7. The number of nitrogens with one attached hydrogen (secondary N) is 1. The normalized spacial score (nSPS) is 11.0. The third kappa shape index (κ3) is 5.19. The summed E-state index contributed by atoms with van der Waals surface area (Å²) in [6.07, 6.45) is 0.973. The van der Waals surface area contributed by atoms with Crippen LogP contribution in [0.2, 0.25) is 0 Å². The zero-order valence-corrected chi connectivity index (χ0v) is 15.4. The highest BCUT2D eigenvalue weighted by atomic mass is 32.2. The van der Waals surface area contributed by atoms with Crippen molar-refractivity contribution in [2.24, 2.45) is 0 Å². The van der Waals surface area contributed by atoms with Gasteiger partial charge in [0.05, 0.1) is 32.0 Å². The zero-order valence-electron chi connectivity index (χ0n) is 14.6. The molecule has 140 valence electrons. The molecule has 0 aliphatic rings. The number of hydrogen-bond donors (Lipinski definition) is 1. The summed E-state index contributed by atoms with van der Waals surface area (Å²) in [5.74, 6) is -0.423. The molecule has 0 bridgehead atoms. The largest absolute Gasteiger partial charge is 0.495 e. The summed E-state index contributed by atoms with van der Waals surface area (Å²) in [6.45, 7) is 0.112. The van der Waals surface area contributed by atoms with Gasteiger partial charge in [0.2, 0.25) is 15.9 Å². The Balaban J connectivity index is 2.02. The maximum atomic E-state index is 13.6. The van der Waals surface area contributed by atoms with E-state index in [-0.39, 0.29) is 31.0 Å². The van der Waals surface area contributed by atoms with Crippen molar-refractivity contribution in [2.45, 2.75) is 6.42 Å². The van der Waals surface area contributed by atoms with Gasteiger partial charge in [-0.05, 0) is 23.8 Å². The van der Waals surface area contributed by atoms with Crippen LogP contribution in [0.3, 0.4) is 0 Å². The van der Waals surface area contributed by atoms with Gasteiger partial charge in [0.1, 0.15) is 11.6 Å². The minimum absolute atomic E-state index is 0.0300. The molecule has 1 N–H and O–H groups in total. The van der Waals surface area contributed by atoms with Crippen molar-refractivity contribution in [3.8, 4) is 5.75 Å². The Hall–Kier alpha value is -2.61. The molecule has 1 amide bonds. The molecule has 2 rings (SSSR count). The van der Waals surface area contributed by atoms with Gasteiger partial charge in [-0.25, -0.2) is 12.8 Å². The smallest absolute Gasteiger partial charge is 0.232 e. The second-order valence-corrected chi connectivity index (χ2v) is 7.53. The molecule has 0 radical (unpaired) electrons. The van der Waals surface area contributed by atoms with E-state index in [4.69, 9.17) is 4.74 Å². The highest BCUT2D eigenvalue weighted by molar-refractivity contribution is 7.92. The number of para-hydroxylation sites is 2. The molecule has 0 unspecified atom stereocenters. The van der Waals surface area contributed by atoms with Crippen LogP contribution in [0.25, 0.3) is 0 Å². The van der Waals surface area contributed by atoms with E-state index in [9.17, 15) is 17.6 Å². The van der Waals surface area contributed by atoms with E-state index in [0.717, 1.165) is 10.6 Å². The van der Waals surface area contributed by atoms with Gasteiger partial charge in [-0.3, -0.25) is 9.10 Å². The molecule has 0 atom stereocenters. The molecule has 26 heavy (non-hydrogen) atoms. The third-order valence-electron chi connectivity index (χ3n) is 3.70. The van der Waals surface area contributed by atoms with Crippen LogP contribution >= 0.6 is 0 Å². The minimum atomic E-state index is -3.57. The quantitative estimate of drug-likeness (QED) is 0.760. The summed E-state index contributed by atoms with van der Waals surface area (Å²) in [7, 11) is -2.12. The molecule has 8 heteroatoms. The van der Waals surface area contributed by atoms with Crippen molar-refractivity contribution in [3.05, 3.63) is 59.9 Å². The Labute approximate surface area is 152 Å². The highest BCUT2D eigenvalue weighted by Crippen LogP contribution is 2.29. The van der Waals surface area contributed by atoms with Crippen molar-refractivity contribution in [2.75, 3.05) is 30.8 Å². The topological polar surface area (TPSA) is 75.7 Å². The van der Waals surface area contributed by atoms with Crippen LogP contribution in [0.4, 0.5) is 10.1 Å². The van der Waals surface area contributed by atoms with Crippen LogP contribution < -0.4 is 14.4 Å². The average Bonchev–Trinajstić information content (AvgIpc) is 2.60. The Morgan fingerprint density at radius 3 is 2.46 bits per heavy atom. The van der Waals surface area contributed by atoms with Gasteiger partial charge in [0.15, 0.2) is 0 Å². The monoisotopic (exact) mass is 380 g/mol. The van der Waals surface area contributed by atoms with E-state index >= 15 is 0 Å². The number of anilines is 1. The fourth-order valence-corrected chi connectivity index (χ4v) is 3.41. The maximum absolute atomic E-state index is 13.6. The van der Waals surface area contributed by atoms with Crippen molar-refractivity contribution >= 4 is 21.6 Å². The molecule has 0 spiro atoms. The number of rotatable bonds is 8. The van der Waals surface area contributed by atoms with Crippen LogP contribution in [-0.2, 0) is 21.2 Å². The summed E-state index contributed by atoms with van der Waals surface area (Å²) >= 11 is 0. The molecule has 6 nitrogen and oxygen atoms in total. The fourth-order valence-electron chi connectivity index (χ4n) is 2.47. The van der Waals surface area contributed by atoms with Crippen LogP contribution in [0.5, 0.6) is 5.75 Å². The number of benzene rings is 2. The minimum Gasteiger partial charge on any atom is -0.495 e. The van der Waals surface area contributed by atoms with E-state index in [0.29, 0.717) is 11.4 Å². The Morgan fingerprint density at radius 1 is 1.15 bits per heavy atom. The number of sulfonamides is 1. The predicted molar refractivity (Wildman–Crippen MR) is 98.3 cm³/mol. The number of nitrogens with zero attached hydrogens (tertiary/aromatic N) is 1. The van der Waals surface area contributed by atoms with Crippen LogP contribution in [0.1, 0.15) is 5.56 Å². The lowest BCUT2D eigenvalue weighted by Crippen LogP contribution is -2.38. The van der Waals surface area contributed by atoms with Gasteiger partial charge in [-0.2, -0.15) is 0 Å². The molecule has 0 fully saturated rings. The molecule has 0 aliphatic heterocycles. The van der Waals surface area contributed by atoms with E-state index in [2.05, 4.69) is 5.32 Å². The van der Waals surface area contributed by atoms with E-state index < -0.39 is 15.8 Å². The van der Waals surface area contributed by atoms with Crippen molar-refractivity contribution < 1.29 is 22.3 Å². The van der Waals surface area contributed by atoms with E-state index in [1.807, 2.05) is 0 Å². The SMILES string of the molecule is COc1ccccc1N(CCNC(=O)Cc1ccccc1F)S(C)(=O)=O. The number of hydrogen-bond acceptors (Lipinski definition) is 4. The Kier molecular flexibility index (Phi) is 6.57. The Morgan fingerprint density at radius 2 is 1.81 bits per heavy atom. The summed E-state index contributed by atoms with van der Waals surface area (Å²) in [5, 5.41) is 2.62. The van der Waals surface area contributed by atoms with Crippen LogP contribution in [0, 0.1) is 5.82 Å². The lowest BCUT2D eigenvalue weighted by Gasteiger charge is -2.24. The van der Waals surface area contributed by atoms with Gasteiger partial charge >= 0.3 is 0 Å². The summed E-state index contributed by atoms with van der Waals surface area (Å²) in [5.41, 5.74) is 0.676. The van der Waals surface area contributed by atoms with Crippen molar-refractivity contribution in [3.63, 3.8) is 0 Å². The van der Waals surface area contributed by atoms with E-state index in [1.165, 1.54) is 19.2 Å². The molecule has 0 aromatic heterocycles. The first-order chi connectivity index (χ1) is 12.3. The molecule has 0 saturated heterocycles. The lowest BCUT2D eigenvalue weighted by molar-refractivity contribution is -0.120. The molecule has 0 saturated carbocycles. The van der Waals surface area contributed by atoms with Gasteiger partial charge in [-0.15, -0.1) is 0 Å². The van der Waals surface area contributed by atoms with Gasteiger partial charge in [0.25, 0.3) is 0 Å². The summed E-state index contributed by atoms with van der Waals surface area (Å²) in [4.78, 5) is 12.0. The first-order valence-electron chi connectivity index (χ1n) is 7.93. The van der Waals surface area contributed by atoms with Crippen molar-refractivity contribution in [1.29, 1.82) is 0 Å². The maximum Gasteiger partial charge on any atom is 0.232 e. The van der Waals surface area contributed by atoms with E-state index in [1.54, 1.807) is 36.4 Å². The van der Waals surface area contributed by atoms with Gasteiger partial charge in [-0.1, -0.05) is 30.3 Å². The lowest BCUT2D eigenvalue weighted by atomic mass is 10.1. The molecular formula is C18H21FN2O4S. The number of methoxy groups -OCH3 is 1.